The largest absolute Gasteiger partial charge is 0.388 e. The molecule has 0 radical (unpaired) electrons. The van der Waals surface area contributed by atoms with Gasteiger partial charge >= 0.3 is 0 Å². The van der Waals surface area contributed by atoms with Gasteiger partial charge in [-0.3, -0.25) is 0 Å². The van der Waals surface area contributed by atoms with E-state index in [1.807, 2.05) is 0 Å². The van der Waals surface area contributed by atoms with Gasteiger partial charge in [0.05, 0.1) is 11.7 Å². The number of hydrogen-bond donors (Lipinski definition) is 1. The maximum Gasteiger partial charge on any atom is 0.131 e. The molecule has 0 aliphatic heterocycles. The molecule has 1 fully saturated rings. The summed E-state index contributed by atoms with van der Waals surface area (Å²) in [6, 6.07) is 3.71. The third-order valence-electron chi connectivity index (χ3n) is 3.91. The predicted octanol–water partition coefficient (Wildman–Crippen LogP) is 4.36. The quantitative estimate of drug-likeness (QED) is 0.846. The summed E-state index contributed by atoms with van der Waals surface area (Å²) in [5.74, 6) is -0.680. The summed E-state index contributed by atoms with van der Waals surface area (Å²) in [5, 5.41) is 9.93. The number of hydrogen-bond acceptors (Lipinski definition) is 1. The Morgan fingerprint density at radius 3 is 2.33 bits per heavy atom. The van der Waals surface area contributed by atoms with Gasteiger partial charge in [-0.1, -0.05) is 38.2 Å². The van der Waals surface area contributed by atoms with Crippen LogP contribution in [-0.4, -0.2) is 5.11 Å². The van der Waals surface area contributed by atoms with Crippen LogP contribution in [0.1, 0.15) is 56.6 Å². The fraction of sp³-hybridized carbons (Fsp3) is 0.600. The average Bonchev–Trinajstić information content (AvgIpc) is 2.37. The van der Waals surface area contributed by atoms with Crippen molar-refractivity contribution in [3.05, 3.63) is 35.4 Å². The minimum Gasteiger partial charge on any atom is -0.388 e. The minimum absolute atomic E-state index is 0.173. The Morgan fingerprint density at radius 2 is 1.72 bits per heavy atom. The van der Waals surface area contributed by atoms with E-state index in [-0.39, 0.29) is 5.56 Å². The van der Waals surface area contributed by atoms with E-state index in [0.29, 0.717) is 12.3 Å². The molecule has 1 aromatic carbocycles. The van der Waals surface area contributed by atoms with E-state index in [2.05, 4.69) is 0 Å². The number of halogens is 2. The lowest BCUT2D eigenvalue weighted by molar-refractivity contribution is 0.143. The fourth-order valence-corrected chi connectivity index (χ4v) is 2.84. The van der Waals surface area contributed by atoms with Gasteiger partial charge < -0.3 is 5.11 Å². The standard InChI is InChI=1S/C15H20F2O/c16-12-7-4-8-13(17)15(12)14(18)10-9-11-5-2-1-3-6-11/h4,7-8,11,14,18H,1-3,5-6,9-10H2. The summed E-state index contributed by atoms with van der Waals surface area (Å²) in [4.78, 5) is 0. The Balaban J connectivity index is 1.92. The molecule has 0 amide bonds. The molecule has 0 heterocycles. The van der Waals surface area contributed by atoms with Crippen molar-refractivity contribution < 1.29 is 13.9 Å². The normalized spacial score (nSPS) is 18.8. The number of benzene rings is 1. The van der Waals surface area contributed by atoms with Gasteiger partial charge in [0.25, 0.3) is 0 Å². The molecule has 0 saturated heterocycles. The smallest absolute Gasteiger partial charge is 0.131 e. The molecule has 1 aliphatic rings. The van der Waals surface area contributed by atoms with Crippen LogP contribution in [0.4, 0.5) is 8.78 Å². The molecule has 0 spiro atoms. The molecule has 18 heavy (non-hydrogen) atoms. The second-order valence-corrected chi connectivity index (χ2v) is 5.23. The Bertz CT molecular complexity index is 366. The fourth-order valence-electron chi connectivity index (χ4n) is 2.84. The highest BCUT2D eigenvalue weighted by atomic mass is 19.1. The van der Waals surface area contributed by atoms with Crippen LogP contribution in [0.15, 0.2) is 18.2 Å². The van der Waals surface area contributed by atoms with Crippen LogP contribution < -0.4 is 0 Å². The van der Waals surface area contributed by atoms with E-state index in [0.717, 1.165) is 6.42 Å². The van der Waals surface area contributed by atoms with Gasteiger partial charge in [0, 0.05) is 0 Å². The topological polar surface area (TPSA) is 20.2 Å². The molecule has 1 aromatic rings. The highest BCUT2D eigenvalue weighted by molar-refractivity contribution is 5.21. The van der Waals surface area contributed by atoms with Crippen molar-refractivity contribution >= 4 is 0 Å². The van der Waals surface area contributed by atoms with Gasteiger partial charge in [-0.25, -0.2) is 8.78 Å². The van der Waals surface area contributed by atoms with Crippen molar-refractivity contribution in [2.45, 2.75) is 51.0 Å². The van der Waals surface area contributed by atoms with Crippen molar-refractivity contribution in [2.24, 2.45) is 5.92 Å². The van der Waals surface area contributed by atoms with E-state index in [9.17, 15) is 13.9 Å². The summed E-state index contributed by atoms with van der Waals surface area (Å²) < 4.78 is 26.9. The van der Waals surface area contributed by atoms with E-state index in [1.165, 1.54) is 50.3 Å². The zero-order valence-corrected chi connectivity index (χ0v) is 10.5. The molecule has 3 heteroatoms. The maximum absolute atomic E-state index is 13.5. The van der Waals surface area contributed by atoms with Crippen molar-refractivity contribution in [2.75, 3.05) is 0 Å². The Labute approximate surface area is 107 Å². The molecule has 1 nitrogen and oxygen atoms in total. The molecular weight excluding hydrogens is 234 g/mol. The van der Waals surface area contributed by atoms with E-state index < -0.39 is 17.7 Å². The van der Waals surface area contributed by atoms with Gasteiger partial charge in [0.15, 0.2) is 0 Å². The van der Waals surface area contributed by atoms with Crippen molar-refractivity contribution in [1.29, 1.82) is 0 Å². The first kappa shape index (κ1) is 13.5. The molecular formula is C15H20F2O. The molecule has 1 N–H and O–H groups in total. The lowest BCUT2D eigenvalue weighted by Crippen LogP contribution is -2.10. The van der Waals surface area contributed by atoms with Crippen LogP contribution in [-0.2, 0) is 0 Å². The van der Waals surface area contributed by atoms with E-state index >= 15 is 0 Å². The molecule has 2 rings (SSSR count). The minimum atomic E-state index is -1.02. The zero-order chi connectivity index (χ0) is 13.0. The highest BCUT2D eigenvalue weighted by Crippen LogP contribution is 2.31. The summed E-state index contributed by atoms with van der Waals surface area (Å²) in [5.41, 5.74) is -0.173. The molecule has 1 atom stereocenters. The van der Waals surface area contributed by atoms with Gasteiger partial charge in [0.2, 0.25) is 0 Å². The summed E-state index contributed by atoms with van der Waals surface area (Å²) in [6.07, 6.45) is 6.44. The molecule has 0 aromatic heterocycles. The van der Waals surface area contributed by atoms with Crippen LogP contribution in [0.3, 0.4) is 0 Å². The SMILES string of the molecule is OC(CCC1CCCCC1)c1c(F)cccc1F. The van der Waals surface area contributed by atoms with Crippen LogP contribution in [0, 0.1) is 17.6 Å². The van der Waals surface area contributed by atoms with Crippen LogP contribution in [0.5, 0.6) is 0 Å². The third-order valence-corrected chi connectivity index (χ3v) is 3.91. The Hall–Kier alpha value is -0.960. The maximum atomic E-state index is 13.5. The Kier molecular flexibility index (Phi) is 4.70. The lowest BCUT2D eigenvalue weighted by atomic mass is 9.85. The second kappa shape index (κ2) is 6.28. The molecule has 1 saturated carbocycles. The molecule has 1 aliphatic carbocycles. The predicted molar refractivity (Wildman–Crippen MR) is 67.1 cm³/mol. The average molecular weight is 254 g/mol. The molecule has 1 unspecified atom stereocenters. The summed E-state index contributed by atoms with van der Waals surface area (Å²) in [7, 11) is 0. The lowest BCUT2D eigenvalue weighted by Gasteiger charge is -2.22. The monoisotopic (exact) mass is 254 g/mol. The third kappa shape index (κ3) is 3.29. The molecule has 0 bridgehead atoms. The number of aliphatic hydroxyl groups is 1. The van der Waals surface area contributed by atoms with Gasteiger partial charge in [-0.2, -0.15) is 0 Å². The first-order valence-electron chi connectivity index (χ1n) is 6.80. The van der Waals surface area contributed by atoms with Crippen LogP contribution in [0.25, 0.3) is 0 Å². The van der Waals surface area contributed by atoms with Gasteiger partial charge in [0.1, 0.15) is 11.6 Å². The molecule has 100 valence electrons. The van der Waals surface area contributed by atoms with Crippen LogP contribution in [0.2, 0.25) is 0 Å². The number of rotatable bonds is 4. The van der Waals surface area contributed by atoms with E-state index in [4.69, 9.17) is 0 Å². The van der Waals surface area contributed by atoms with E-state index in [1.54, 1.807) is 0 Å². The zero-order valence-electron chi connectivity index (χ0n) is 10.5. The van der Waals surface area contributed by atoms with Gasteiger partial charge in [-0.15, -0.1) is 0 Å². The van der Waals surface area contributed by atoms with Crippen molar-refractivity contribution in [3.63, 3.8) is 0 Å². The first-order chi connectivity index (χ1) is 8.68. The van der Waals surface area contributed by atoms with Crippen LogP contribution >= 0.6 is 0 Å². The first-order valence-corrected chi connectivity index (χ1v) is 6.80. The van der Waals surface area contributed by atoms with Gasteiger partial charge in [-0.05, 0) is 30.9 Å². The Morgan fingerprint density at radius 1 is 1.11 bits per heavy atom. The summed E-state index contributed by atoms with van der Waals surface area (Å²) in [6.45, 7) is 0. The highest BCUT2D eigenvalue weighted by Gasteiger charge is 2.20. The number of aliphatic hydroxyl groups excluding tert-OH is 1. The second-order valence-electron chi connectivity index (χ2n) is 5.23. The summed E-state index contributed by atoms with van der Waals surface area (Å²) >= 11 is 0. The van der Waals surface area contributed by atoms with Crippen molar-refractivity contribution in [1.82, 2.24) is 0 Å². The van der Waals surface area contributed by atoms with Crippen molar-refractivity contribution in [3.8, 4) is 0 Å².